The normalized spacial score (nSPS) is 22.9. The van der Waals surface area contributed by atoms with E-state index in [1.807, 2.05) is 43.9 Å². The van der Waals surface area contributed by atoms with Crippen LogP contribution in [0.4, 0.5) is 5.69 Å². The predicted molar refractivity (Wildman–Crippen MR) is 82.9 cm³/mol. The van der Waals surface area contributed by atoms with Gasteiger partial charge in [0.1, 0.15) is 0 Å². The molecular formula is C15H22N2O2S. The maximum Gasteiger partial charge on any atom is 0.233 e. The maximum absolute atomic E-state index is 12.3. The fourth-order valence-electron chi connectivity index (χ4n) is 2.38. The van der Waals surface area contributed by atoms with Gasteiger partial charge in [-0.3, -0.25) is 4.79 Å². The van der Waals surface area contributed by atoms with Crippen LogP contribution in [-0.4, -0.2) is 41.9 Å². The van der Waals surface area contributed by atoms with Gasteiger partial charge in [0.25, 0.3) is 0 Å². The maximum atomic E-state index is 12.3. The smallest absolute Gasteiger partial charge is 0.233 e. The third-order valence-electron chi connectivity index (χ3n) is 3.29. The van der Waals surface area contributed by atoms with Crippen molar-refractivity contribution in [2.75, 3.05) is 24.6 Å². The second kappa shape index (κ2) is 6.50. The highest BCUT2D eigenvalue weighted by atomic mass is 32.2. The number of carbonyl (C=O) groups is 1. The van der Waals surface area contributed by atoms with E-state index in [1.165, 1.54) is 11.8 Å². The van der Waals surface area contributed by atoms with E-state index in [0.717, 1.165) is 16.1 Å². The Balaban J connectivity index is 1.93. The van der Waals surface area contributed by atoms with Crippen LogP contribution in [0.15, 0.2) is 23.1 Å². The van der Waals surface area contributed by atoms with Crippen molar-refractivity contribution in [2.24, 2.45) is 0 Å². The summed E-state index contributed by atoms with van der Waals surface area (Å²) in [6.07, 6.45) is 0.216. The van der Waals surface area contributed by atoms with Crippen molar-refractivity contribution >= 4 is 23.4 Å². The lowest BCUT2D eigenvalue weighted by molar-refractivity contribution is -0.140. The zero-order chi connectivity index (χ0) is 14.7. The number of morpholine rings is 1. The Morgan fingerprint density at radius 2 is 2.05 bits per heavy atom. The fraction of sp³-hybridized carbons (Fsp3) is 0.533. The van der Waals surface area contributed by atoms with Crippen molar-refractivity contribution in [1.29, 1.82) is 0 Å². The average molecular weight is 294 g/mol. The number of ether oxygens (including phenoxy) is 1. The van der Waals surface area contributed by atoms with E-state index in [9.17, 15) is 4.79 Å². The lowest BCUT2D eigenvalue weighted by Gasteiger charge is -2.35. The molecule has 1 aliphatic rings. The van der Waals surface area contributed by atoms with Crippen molar-refractivity contribution in [2.45, 2.75) is 37.9 Å². The molecule has 110 valence electrons. The average Bonchev–Trinajstić information content (AvgIpc) is 2.38. The molecule has 1 amide bonds. The molecule has 5 heteroatoms. The van der Waals surface area contributed by atoms with Gasteiger partial charge in [0.05, 0.1) is 18.0 Å². The van der Waals surface area contributed by atoms with Gasteiger partial charge in [0.15, 0.2) is 0 Å². The first kappa shape index (κ1) is 15.2. The Morgan fingerprint density at radius 1 is 1.40 bits per heavy atom. The van der Waals surface area contributed by atoms with Crippen LogP contribution in [0, 0.1) is 6.92 Å². The minimum Gasteiger partial charge on any atom is -0.398 e. The van der Waals surface area contributed by atoms with Gasteiger partial charge in [-0.2, -0.15) is 0 Å². The number of aryl methyl sites for hydroxylation is 1. The standard InChI is InChI=1S/C15H22N2O2S/c1-10-4-5-13(16)14(6-10)20-9-15(18)17-7-11(2)19-12(3)8-17/h4-6,11-12H,7-9,16H2,1-3H3. The molecule has 4 nitrogen and oxygen atoms in total. The Labute approximate surface area is 124 Å². The molecule has 0 spiro atoms. The third kappa shape index (κ3) is 3.90. The summed E-state index contributed by atoms with van der Waals surface area (Å²) in [6, 6.07) is 5.89. The summed E-state index contributed by atoms with van der Waals surface area (Å²) in [5.41, 5.74) is 7.82. The Bertz CT molecular complexity index is 483. The number of nitrogens with zero attached hydrogens (tertiary/aromatic N) is 1. The number of carbonyl (C=O) groups excluding carboxylic acids is 1. The number of hydrogen-bond acceptors (Lipinski definition) is 4. The molecule has 0 aromatic heterocycles. The molecular weight excluding hydrogens is 272 g/mol. The summed E-state index contributed by atoms with van der Waals surface area (Å²) in [5.74, 6) is 0.575. The largest absolute Gasteiger partial charge is 0.398 e. The second-order valence-electron chi connectivity index (χ2n) is 5.39. The van der Waals surface area contributed by atoms with Gasteiger partial charge in [-0.15, -0.1) is 11.8 Å². The molecule has 1 aromatic carbocycles. The molecule has 0 radical (unpaired) electrons. The lowest BCUT2D eigenvalue weighted by Crippen LogP contribution is -2.48. The van der Waals surface area contributed by atoms with Crippen LogP contribution in [0.3, 0.4) is 0 Å². The Morgan fingerprint density at radius 3 is 2.70 bits per heavy atom. The van der Waals surface area contributed by atoms with E-state index in [-0.39, 0.29) is 18.1 Å². The molecule has 1 saturated heterocycles. The highest BCUT2D eigenvalue weighted by molar-refractivity contribution is 8.00. The first-order chi connectivity index (χ1) is 9.45. The summed E-state index contributed by atoms with van der Waals surface area (Å²) in [7, 11) is 0. The van der Waals surface area contributed by atoms with E-state index < -0.39 is 0 Å². The zero-order valence-corrected chi connectivity index (χ0v) is 13.1. The van der Waals surface area contributed by atoms with E-state index >= 15 is 0 Å². The molecule has 0 bridgehead atoms. The molecule has 0 aliphatic carbocycles. The minimum atomic E-state index is 0.108. The fourth-order valence-corrected chi connectivity index (χ4v) is 3.34. The first-order valence-electron chi connectivity index (χ1n) is 6.88. The molecule has 0 saturated carbocycles. The number of thioether (sulfide) groups is 1. The van der Waals surface area contributed by atoms with Crippen molar-refractivity contribution in [3.8, 4) is 0 Å². The zero-order valence-electron chi connectivity index (χ0n) is 12.3. The second-order valence-corrected chi connectivity index (χ2v) is 6.40. The number of nitrogens with two attached hydrogens (primary N) is 1. The molecule has 1 fully saturated rings. The number of benzene rings is 1. The predicted octanol–water partition coefficient (Wildman–Crippen LogP) is 2.31. The van der Waals surface area contributed by atoms with Gasteiger partial charge < -0.3 is 15.4 Å². The number of rotatable bonds is 3. The molecule has 1 heterocycles. The van der Waals surface area contributed by atoms with Gasteiger partial charge >= 0.3 is 0 Å². The summed E-state index contributed by atoms with van der Waals surface area (Å²) in [4.78, 5) is 15.1. The van der Waals surface area contributed by atoms with Crippen molar-refractivity contribution < 1.29 is 9.53 Å². The van der Waals surface area contributed by atoms with Gasteiger partial charge in [-0.05, 0) is 38.5 Å². The van der Waals surface area contributed by atoms with Crippen LogP contribution in [0.2, 0.25) is 0 Å². The van der Waals surface area contributed by atoms with Crippen LogP contribution in [0.1, 0.15) is 19.4 Å². The highest BCUT2D eigenvalue weighted by Crippen LogP contribution is 2.26. The molecule has 20 heavy (non-hydrogen) atoms. The number of hydrogen-bond donors (Lipinski definition) is 1. The first-order valence-corrected chi connectivity index (χ1v) is 7.86. The summed E-state index contributed by atoms with van der Waals surface area (Å²) in [5, 5.41) is 0. The van der Waals surface area contributed by atoms with Crippen molar-refractivity contribution in [3.63, 3.8) is 0 Å². The van der Waals surface area contributed by atoms with E-state index in [0.29, 0.717) is 18.8 Å². The van der Waals surface area contributed by atoms with E-state index in [1.54, 1.807) is 0 Å². The quantitative estimate of drug-likeness (QED) is 0.686. The number of anilines is 1. The minimum absolute atomic E-state index is 0.108. The highest BCUT2D eigenvalue weighted by Gasteiger charge is 2.25. The molecule has 2 rings (SSSR count). The molecule has 1 aliphatic heterocycles. The molecule has 2 unspecified atom stereocenters. The summed E-state index contributed by atoms with van der Waals surface area (Å²) >= 11 is 1.51. The Kier molecular flexibility index (Phi) is 4.94. The number of nitrogen functional groups attached to an aromatic ring is 1. The molecule has 2 N–H and O–H groups in total. The topological polar surface area (TPSA) is 55.6 Å². The monoisotopic (exact) mass is 294 g/mol. The van der Waals surface area contributed by atoms with Crippen LogP contribution in [0.25, 0.3) is 0 Å². The molecule has 2 atom stereocenters. The van der Waals surface area contributed by atoms with Crippen LogP contribution < -0.4 is 5.73 Å². The SMILES string of the molecule is Cc1ccc(N)c(SCC(=O)N2CC(C)OC(C)C2)c1. The van der Waals surface area contributed by atoms with Gasteiger partial charge in [-0.25, -0.2) is 0 Å². The lowest BCUT2D eigenvalue weighted by atomic mass is 10.2. The van der Waals surface area contributed by atoms with Crippen molar-refractivity contribution in [3.05, 3.63) is 23.8 Å². The van der Waals surface area contributed by atoms with Crippen LogP contribution in [-0.2, 0) is 9.53 Å². The van der Waals surface area contributed by atoms with Crippen molar-refractivity contribution in [1.82, 2.24) is 4.90 Å². The van der Waals surface area contributed by atoms with Gasteiger partial charge in [-0.1, -0.05) is 6.07 Å². The van der Waals surface area contributed by atoms with E-state index in [4.69, 9.17) is 10.5 Å². The van der Waals surface area contributed by atoms with Crippen LogP contribution in [0.5, 0.6) is 0 Å². The van der Waals surface area contributed by atoms with Gasteiger partial charge in [0.2, 0.25) is 5.91 Å². The summed E-state index contributed by atoms with van der Waals surface area (Å²) < 4.78 is 5.64. The number of amides is 1. The van der Waals surface area contributed by atoms with Gasteiger partial charge in [0, 0.05) is 23.7 Å². The van der Waals surface area contributed by atoms with E-state index in [2.05, 4.69) is 0 Å². The Hall–Kier alpha value is -1.20. The summed E-state index contributed by atoms with van der Waals surface area (Å²) in [6.45, 7) is 7.37. The van der Waals surface area contributed by atoms with Crippen LogP contribution >= 0.6 is 11.8 Å². The molecule has 1 aromatic rings. The third-order valence-corrected chi connectivity index (χ3v) is 4.35.